The van der Waals surface area contributed by atoms with Gasteiger partial charge in [-0.15, -0.1) is 16.8 Å². The zero-order chi connectivity index (χ0) is 22.4. The predicted molar refractivity (Wildman–Crippen MR) is 122 cm³/mol. The number of nitrogens with zero attached hydrogens (tertiary/aromatic N) is 3. The van der Waals surface area contributed by atoms with Crippen LogP contribution in [0.25, 0.3) is 0 Å². The number of carbonyl (C=O) groups is 1. The number of hydrogen-bond donors (Lipinski definition) is 1. The molecule has 0 unspecified atom stereocenters. The highest BCUT2D eigenvalue weighted by Crippen LogP contribution is 2.26. The van der Waals surface area contributed by atoms with Crippen molar-refractivity contribution >= 4 is 46.6 Å². The largest absolute Gasteiger partial charge is 0.484 e. The number of allylic oxidation sites excluding steroid dienone is 1. The molecule has 31 heavy (non-hydrogen) atoms. The lowest BCUT2D eigenvalue weighted by molar-refractivity contribution is -0.113. The standard InChI is InChI=1S/C21H19Cl2FN4O2S/c1-3-8-28-19(11-30-18-7-6-15(24)10-16(18)23)26-27-21(28)31-12-20(29)25-17-9-14(22)5-4-13(17)2/h3-7,9-10H,1,8,11-12H2,2H3,(H,25,29). The van der Waals surface area contributed by atoms with Gasteiger partial charge in [-0.3, -0.25) is 9.36 Å². The molecule has 3 rings (SSSR count). The van der Waals surface area contributed by atoms with Gasteiger partial charge in [-0.05, 0) is 42.8 Å². The molecule has 0 saturated heterocycles. The van der Waals surface area contributed by atoms with Crippen molar-refractivity contribution in [1.29, 1.82) is 0 Å². The van der Waals surface area contributed by atoms with Gasteiger partial charge in [0.1, 0.15) is 18.2 Å². The number of rotatable bonds is 9. The summed E-state index contributed by atoms with van der Waals surface area (Å²) in [5.41, 5.74) is 1.58. The molecule has 0 saturated carbocycles. The molecular formula is C21H19Cl2FN4O2S. The van der Waals surface area contributed by atoms with Crippen molar-refractivity contribution in [2.24, 2.45) is 0 Å². The summed E-state index contributed by atoms with van der Waals surface area (Å²) >= 11 is 13.2. The van der Waals surface area contributed by atoms with Crippen LogP contribution in [0.5, 0.6) is 5.75 Å². The van der Waals surface area contributed by atoms with Crippen LogP contribution in [0, 0.1) is 12.7 Å². The number of benzene rings is 2. The summed E-state index contributed by atoms with van der Waals surface area (Å²) in [5, 5.41) is 12.4. The lowest BCUT2D eigenvalue weighted by atomic mass is 10.2. The summed E-state index contributed by atoms with van der Waals surface area (Å²) in [5.74, 6) is 0.346. The summed E-state index contributed by atoms with van der Waals surface area (Å²) in [7, 11) is 0. The third-order valence-corrected chi connectivity index (χ3v) is 5.66. The molecule has 162 valence electrons. The minimum Gasteiger partial charge on any atom is -0.484 e. The van der Waals surface area contributed by atoms with Gasteiger partial charge >= 0.3 is 0 Å². The SMILES string of the molecule is C=CCn1c(COc2ccc(F)cc2Cl)nnc1SCC(=O)Nc1cc(Cl)ccc1C. The predicted octanol–water partition coefficient (Wildman–Crippen LogP) is 5.53. The van der Waals surface area contributed by atoms with Crippen LogP contribution < -0.4 is 10.1 Å². The molecule has 10 heteroatoms. The maximum absolute atomic E-state index is 13.2. The highest BCUT2D eigenvalue weighted by molar-refractivity contribution is 7.99. The van der Waals surface area contributed by atoms with E-state index in [0.29, 0.717) is 34.0 Å². The van der Waals surface area contributed by atoms with Gasteiger partial charge in [0.05, 0.1) is 10.8 Å². The van der Waals surface area contributed by atoms with Crippen molar-refractivity contribution in [2.75, 3.05) is 11.1 Å². The number of carbonyl (C=O) groups excluding carboxylic acids is 1. The number of nitrogens with one attached hydrogen (secondary N) is 1. The first-order valence-electron chi connectivity index (χ1n) is 9.17. The van der Waals surface area contributed by atoms with Gasteiger partial charge in [0, 0.05) is 17.3 Å². The number of amides is 1. The average Bonchev–Trinajstić information content (AvgIpc) is 3.10. The van der Waals surface area contributed by atoms with Gasteiger partial charge < -0.3 is 10.1 Å². The highest BCUT2D eigenvalue weighted by Gasteiger charge is 2.15. The van der Waals surface area contributed by atoms with E-state index in [-0.39, 0.29) is 23.3 Å². The first-order valence-corrected chi connectivity index (χ1v) is 10.9. The van der Waals surface area contributed by atoms with Crippen molar-refractivity contribution in [3.63, 3.8) is 0 Å². The lowest BCUT2D eigenvalue weighted by Gasteiger charge is -2.11. The molecule has 1 N–H and O–H groups in total. The Labute approximate surface area is 193 Å². The topological polar surface area (TPSA) is 69.0 Å². The fourth-order valence-electron chi connectivity index (χ4n) is 2.62. The molecule has 1 amide bonds. The zero-order valence-corrected chi connectivity index (χ0v) is 18.9. The van der Waals surface area contributed by atoms with Gasteiger partial charge in [0.2, 0.25) is 5.91 Å². The van der Waals surface area contributed by atoms with Crippen LogP contribution in [0.4, 0.5) is 10.1 Å². The average molecular weight is 481 g/mol. The summed E-state index contributed by atoms with van der Waals surface area (Å²) < 4.78 is 20.6. The molecular weight excluding hydrogens is 462 g/mol. The van der Waals surface area contributed by atoms with Gasteiger partial charge in [-0.1, -0.05) is 47.1 Å². The molecule has 0 aliphatic rings. The Morgan fingerprint density at radius 3 is 2.84 bits per heavy atom. The van der Waals surface area contributed by atoms with Gasteiger partial charge in [-0.2, -0.15) is 0 Å². The molecule has 1 heterocycles. The van der Waals surface area contributed by atoms with E-state index in [9.17, 15) is 9.18 Å². The van der Waals surface area contributed by atoms with Crippen molar-refractivity contribution in [2.45, 2.75) is 25.2 Å². The van der Waals surface area contributed by atoms with Crippen molar-refractivity contribution < 1.29 is 13.9 Å². The van der Waals surface area contributed by atoms with Gasteiger partial charge in [0.15, 0.2) is 11.0 Å². The Balaban J connectivity index is 1.64. The van der Waals surface area contributed by atoms with Crippen LogP contribution in [-0.2, 0) is 17.9 Å². The smallest absolute Gasteiger partial charge is 0.234 e. The second kappa shape index (κ2) is 10.7. The minimum atomic E-state index is -0.447. The maximum atomic E-state index is 13.2. The number of aryl methyl sites for hydroxylation is 1. The van der Waals surface area contributed by atoms with E-state index < -0.39 is 5.82 Å². The molecule has 0 aliphatic heterocycles. The zero-order valence-electron chi connectivity index (χ0n) is 16.6. The fourth-order valence-corrected chi connectivity index (χ4v) is 3.79. The number of anilines is 1. The summed E-state index contributed by atoms with van der Waals surface area (Å²) in [6.45, 7) is 6.14. The fraction of sp³-hybridized carbons (Fsp3) is 0.190. The Hall–Kier alpha value is -2.55. The Kier molecular flexibility index (Phi) is 7.95. The number of hydrogen-bond acceptors (Lipinski definition) is 5. The summed E-state index contributed by atoms with van der Waals surface area (Å²) in [4.78, 5) is 12.4. The molecule has 6 nitrogen and oxygen atoms in total. The minimum absolute atomic E-state index is 0.0701. The van der Waals surface area contributed by atoms with E-state index in [4.69, 9.17) is 27.9 Å². The molecule has 0 aliphatic carbocycles. The van der Waals surface area contributed by atoms with Crippen LogP contribution in [0.1, 0.15) is 11.4 Å². The number of halogens is 3. The van der Waals surface area contributed by atoms with Crippen molar-refractivity contribution in [1.82, 2.24) is 14.8 Å². The number of thioether (sulfide) groups is 1. The molecule has 0 spiro atoms. The monoisotopic (exact) mass is 480 g/mol. The Morgan fingerprint density at radius 2 is 2.10 bits per heavy atom. The van der Waals surface area contributed by atoms with Crippen LogP contribution in [-0.4, -0.2) is 26.4 Å². The summed E-state index contributed by atoms with van der Waals surface area (Å²) in [6.07, 6.45) is 1.69. The maximum Gasteiger partial charge on any atom is 0.234 e. The van der Waals surface area contributed by atoms with Crippen LogP contribution in [0.2, 0.25) is 10.0 Å². The second-order valence-electron chi connectivity index (χ2n) is 6.46. The first kappa shape index (κ1) is 23.1. The Morgan fingerprint density at radius 1 is 1.29 bits per heavy atom. The van der Waals surface area contributed by atoms with Crippen LogP contribution >= 0.6 is 35.0 Å². The molecule has 0 atom stereocenters. The first-order chi connectivity index (χ1) is 14.9. The normalized spacial score (nSPS) is 10.7. The quantitative estimate of drug-likeness (QED) is 0.322. The Bertz CT molecular complexity index is 1110. The molecule has 0 radical (unpaired) electrons. The highest BCUT2D eigenvalue weighted by atomic mass is 35.5. The molecule has 0 bridgehead atoms. The molecule has 1 aromatic heterocycles. The van der Waals surface area contributed by atoms with Gasteiger partial charge in [-0.25, -0.2) is 4.39 Å². The molecule has 2 aromatic carbocycles. The van der Waals surface area contributed by atoms with E-state index >= 15 is 0 Å². The van der Waals surface area contributed by atoms with Gasteiger partial charge in [0.25, 0.3) is 0 Å². The van der Waals surface area contributed by atoms with Crippen molar-refractivity contribution in [3.8, 4) is 5.75 Å². The van der Waals surface area contributed by atoms with E-state index in [1.54, 1.807) is 22.8 Å². The molecule has 0 fully saturated rings. The third-order valence-electron chi connectivity index (χ3n) is 4.16. The summed E-state index contributed by atoms with van der Waals surface area (Å²) in [6, 6.07) is 9.19. The molecule has 3 aromatic rings. The number of ether oxygens (including phenoxy) is 1. The van der Waals surface area contributed by atoms with Crippen LogP contribution in [0.3, 0.4) is 0 Å². The van der Waals surface area contributed by atoms with E-state index in [1.165, 1.54) is 30.0 Å². The lowest BCUT2D eigenvalue weighted by Crippen LogP contribution is -2.15. The van der Waals surface area contributed by atoms with E-state index in [0.717, 1.165) is 5.56 Å². The van der Waals surface area contributed by atoms with Crippen molar-refractivity contribution in [3.05, 3.63) is 76.3 Å². The van der Waals surface area contributed by atoms with E-state index in [1.807, 2.05) is 13.0 Å². The third kappa shape index (κ3) is 6.22. The number of aromatic nitrogens is 3. The second-order valence-corrected chi connectivity index (χ2v) is 8.24. The van der Waals surface area contributed by atoms with Crippen LogP contribution in [0.15, 0.2) is 54.2 Å². The van der Waals surface area contributed by atoms with E-state index in [2.05, 4.69) is 22.1 Å².